The number of benzene rings is 1. The van der Waals surface area contributed by atoms with Gasteiger partial charge in [-0.1, -0.05) is 5.16 Å². The summed E-state index contributed by atoms with van der Waals surface area (Å²) in [5, 5.41) is 16.1. The van der Waals surface area contributed by atoms with Crippen LogP contribution in [-0.2, 0) is 11.2 Å². The van der Waals surface area contributed by atoms with Gasteiger partial charge in [0.2, 0.25) is 17.6 Å². The van der Waals surface area contributed by atoms with E-state index in [0.717, 1.165) is 5.56 Å². The van der Waals surface area contributed by atoms with Crippen molar-refractivity contribution in [2.24, 2.45) is 0 Å². The van der Waals surface area contributed by atoms with Crippen molar-refractivity contribution in [1.29, 1.82) is 0 Å². The van der Waals surface area contributed by atoms with Crippen LogP contribution in [-0.4, -0.2) is 28.1 Å². The van der Waals surface area contributed by atoms with Crippen LogP contribution in [0.3, 0.4) is 0 Å². The lowest BCUT2D eigenvalue weighted by atomic mass is 10.2. The number of carbonyl (C=O) groups is 2. The number of aromatic nitrogens is 2. The molecule has 0 bridgehead atoms. The van der Waals surface area contributed by atoms with Crippen molar-refractivity contribution >= 4 is 34.6 Å². The molecule has 2 heterocycles. The van der Waals surface area contributed by atoms with E-state index in [9.17, 15) is 9.59 Å². The smallest absolute Gasteiger partial charge is 0.319 e. The molecule has 0 saturated carbocycles. The summed E-state index contributed by atoms with van der Waals surface area (Å²) in [6, 6.07) is 8.60. The first-order valence-corrected chi connectivity index (χ1v) is 9.76. The zero-order chi connectivity index (χ0) is 19.9. The number of nitrogens with one attached hydrogen (secondary N) is 3. The zero-order valence-corrected chi connectivity index (χ0v) is 16.4. The summed E-state index contributed by atoms with van der Waals surface area (Å²) in [7, 11) is 0. The largest absolute Gasteiger partial charge is 0.339 e. The molecule has 0 aliphatic heterocycles. The van der Waals surface area contributed by atoms with Crippen molar-refractivity contribution in [3.05, 3.63) is 47.0 Å². The molecule has 0 saturated heterocycles. The standard InChI is InChI=1S/C19H21N5O3S/c1-12(2)20-19(26)22-15-5-3-14(4-6-15)21-16(25)7-8-17-23-18(24-27-17)13-9-10-28-11-13/h3-6,9-12H,7-8H2,1-2H3,(H,21,25)(H2,20,22,26). The summed E-state index contributed by atoms with van der Waals surface area (Å²) in [5.41, 5.74) is 2.19. The number of hydrogen-bond acceptors (Lipinski definition) is 6. The van der Waals surface area contributed by atoms with Crippen molar-refractivity contribution < 1.29 is 14.1 Å². The Morgan fingerprint density at radius 3 is 2.46 bits per heavy atom. The summed E-state index contributed by atoms with van der Waals surface area (Å²) in [6.07, 6.45) is 0.583. The molecular weight excluding hydrogens is 378 g/mol. The van der Waals surface area contributed by atoms with Gasteiger partial charge in [0, 0.05) is 41.2 Å². The maximum absolute atomic E-state index is 12.1. The van der Waals surface area contributed by atoms with Crippen LogP contribution in [0.5, 0.6) is 0 Å². The van der Waals surface area contributed by atoms with Crippen molar-refractivity contribution in [2.75, 3.05) is 10.6 Å². The maximum atomic E-state index is 12.1. The van der Waals surface area contributed by atoms with Gasteiger partial charge in [-0.3, -0.25) is 4.79 Å². The van der Waals surface area contributed by atoms with Crippen LogP contribution >= 0.6 is 11.3 Å². The number of carbonyl (C=O) groups excluding carboxylic acids is 2. The number of anilines is 2. The van der Waals surface area contributed by atoms with E-state index in [-0.39, 0.29) is 24.4 Å². The zero-order valence-electron chi connectivity index (χ0n) is 15.6. The maximum Gasteiger partial charge on any atom is 0.319 e. The van der Waals surface area contributed by atoms with Crippen molar-refractivity contribution in [1.82, 2.24) is 15.5 Å². The number of nitrogens with zero attached hydrogens (tertiary/aromatic N) is 2. The summed E-state index contributed by atoms with van der Waals surface area (Å²) in [4.78, 5) is 28.1. The molecule has 0 spiro atoms. The van der Waals surface area contributed by atoms with Crippen LogP contribution in [0.25, 0.3) is 11.4 Å². The summed E-state index contributed by atoms with van der Waals surface area (Å²) in [6.45, 7) is 3.77. The molecule has 2 aromatic heterocycles. The number of hydrogen-bond donors (Lipinski definition) is 3. The Morgan fingerprint density at radius 1 is 1.11 bits per heavy atom. The molecule has 0 radical (unpaired) electrons. The average molecular weight is 399 g/mol. The van der Waals surface area contributed by atoms with Gasteiger partial charge in [-0.15, -0.1) is 0 Å². The number of amides is 3. The number of aryl methyl sites for hydroxylation is 1. The van der Waals surface area contributed by atoms with Gasteiger partial charge >= 0.3 is 6.03 Å². The Kier molecular flexibility index (Phi) is 6.38. The third-order valence-corrected chi connectivity index (χ3v) is 4.34. The van der Waals surface area contributed by atoms with Crippen LogP contribution < -0.4 is 16.0 Å². The molecular formula is C19H21N5O3S. The SMILES string of the molecule is CC(C)NC(=O)Nc1ccc(NC(=O)CCc2nc(-c3ccsc3)no2)cc1. The number of thiophene rings is 1. The fourth-order valence-electron chi connectivity index (χ4n) is 2.38. The first-order valence-electron chi connectivity index (χ1n) is 8.82. The van der Waals surface area contributed by atoms with Crippen LogP contribution in [0.2, 0.25) is 0 Å². The Balaban J connectivity index is 1.46. The van der Waals surface area contributed by atoms with Gasteiger partial charge in [-0.05, 0) is 49.6 Å². The van der Waals surface area contributed by atoms with Crippen LogP contribution in [0, 0.1) is 0 Å². The molecule has 28 heavy (non-hydrogen) atoms. The van der Waals surface area contributed by atoms with E-state index in [2.05, 4.69) is 26.1 Å². The van der Waals surface area contributed by atoms with Gasteiger partial charge in [0.15, 0.2) is 0 Å². The predicted molar refractivity (Wildman–Crippen MR) is 108 cm³/mol. The molecule has 146 valence electrons. The highest BCUT2D eigenvalue weighted by Gasteiger charge is 2.11. The second-order valence-corrected chi connectivity index (χ2v) is 7.18. The molecule has 3 aromatic rings. The highest BCUT2D eigenvalue weighted by atomic mass is 32.1. The molecule has 1 aromatic carbocycles. The minimum Gasteiger partial charge on any atom is -0.339 e. The highest BCUT2D eigenvalue weighted by molar-refractivity contribution is 7.08. The van der Waals surface area contributed by atoms with E-state index in [1.54, 1.807) is 35.6 Å². The first-order chi connectivity index (χ1) is 13.5. The normalized spacial score (nSPS) is 10.7. The Labute approximate surface area is 166 Å². The van der Waals surface area contributed by atoms with Gasteiger partial charge in [-0.25, -0.2) is 4.79 Å². The molecule has 9 heteroatoms. The lowest BCUT2D eigenvalue weighted by molar-refractivity contribution is -0.116. The second kappa shape index (κ2) is 9.14. The van der Waals surface area contributed by atoms with Gasteiger partial charge in [0.1, 0.15) is 0 Å². The van der Waals surface area contributed by atoms with Crippen molar-refractivity contribution in [2.45, 2.75) is 32.7 Å². The Morgan fingerprint density at radius 2 is 1.82 bits per heavy atom. The highest BCUT2D eigenvalue weighted by Crippen LogP contribution is 2.19. The molecule has 3 rings (SSSR count). The summed E-state index contributed by atoms with van der Waals surface area (Å²) < 4.78 is 5.19. The van der Waals surface area contributed by atoms with Gasteiger partial charge < -0.3 is 20.5 Å². The van der Waals surface area contributed by atoms with Gasteiger partial charge in [0.25, 0.3) is 0 Å². The number of urea groups is 1. The molecule has 0 atom stereocenters. The van der Waals surface area contributed by atoms with E-state index in [4.69, 9.17) is 4.52 Å². The Bertz CT molecular complexity index is 919. The molecule has 0 fully saturated rings. The lowest BCUT2D eigenvalue weighted by Gasteiger charge is -2.10. The lowest BCUT2D eigenvalue weighted by Crippen LogP contribution is -2.34. The summed E-state index contributed by atoms with van der Waals surface area (Å²) in [5.74, 6) is 0.793. The predicted octanol–water partition coefficient (Wildman–Crippen LogP) is 3.90. The molecule has 3 N–H and O–H groups in total. The Hall–Kier alpha value is -3.20. The van der Waals surface area contributed by atoms with Gasteiger partial charge in [-0.2, -0.15) is 16.3 Å². The second-order valence-electron chi connectivity index (χ2n) is 6.40. The topological polar surface area (TPSA) is 109 Å². The third kappa shape index (κ3) is 5.65. The molecule has 0 aliphatic rings. The summed E-state index contributed by atoms with van der Waals surface area (Å²) >= 11 is 1.56. The van der Waals surface area contributed by atoms with Crippen LogP contribution in [0.4, 0.5) is 16.2 Å². The van der Waals surface area contributed by atoms with E-state index < -0.39 is 0 Å². The molecule has 8 nitrogen and oxygen atoms in total. The third-order valence-electron chi connectivity index (χ3n) is 3.66. The van der Waals surface area contributed by atoms with Crippen molar-refractivity contribution in [3.63, 3.8) is 0 Å². The fraction of sp³-hybridized carbons (Fsp3) is 0.263. The van der Waals surface area contributed by atoms with Crippen LogP contribution in [0.15, 0.2) is 45.6 Å². The number of rotatable bonds is 7. The van der Waals surface area contributed by atoms with Gasteiger partial charge in [0.05, 0.1) is 0 Å². The van der Waals surface area contributed by atoms with E-state index in [1.807, 2.05) is 30.7 Å². The van der Waals surface area contributed by atoms with Crippen molar-refractivity contribution in [3.8, 4) is 11.4 Å². The fourth-order valence-corrected chi connectivity index (χ4v) is 3.01. The minimum absolute atomic E-state index is 0.0544. The molecule has 0 unspecified atom stereocenters. The molecule has 3 amide bonds. The minimum atomic E-state index is -0.270. The van der Waals surface area contributed by atoms with E-state index >= 15 is 0 Å². The monoisotopic (exact) mass is 399 g/mol. The first kappa shape index (κ1) is 19.6. The van der Waals surface area contributed by atoms with E-state index in [1.165, 1.54) is 0 Å². The average Bonchev–Trinajstić information content (AvgIpc) is 3.32. The van der Waals surface area contributed by atoms with Crippen LogP contribution in [0.1, 0.15) is 26.2 Å². The molecule has 0 aliphatic carbocycles. The van der Waals surface area contributed by atoms with E-state index in [0.29, 0.717) is 29.5 Å². The quantitative estimate of drug-likeness (QED) is 0.558.